The SMILES string of the molecule is COc1cccc2c1C(=O)c1c(O)c3c(c(O)c1C2=O)C[C@@](O)(C(=O)CO)C[C@@H]3O[C@H]1C[C@H](NC(=O)[C@H](CC(C)C)NC(=O)[C@H](CO)NC(=O)[C@H](CO)NC(=O)[C@H](CO)NC(=O)[C@H](CCC(N)=O)NC(=O)[C@H](Cc2ccc(O)cc2)NC(=O)[C@H](CO)NC(=O)[C@H](C)NC(=O)[C@H](CCCCN)NC(=O)[C@H](CC(N)=O)NC(=O)[C@H](C)NC(C)=O)[C@H](O)[C@H](C)O1. The van der Waals surface area contributed by atoms with Gasteiger partial charge in [0.1, 0.15) is 108 Å². The van der Waals surface area contributed by atoms with Gasteiger partial charge >= 0.3 is 0 Å². The number of primary amides is 2. The predicted molar refractivity (Wildman–Crippen MR) is 419 cm³/mol. The number of unbranched alkanes of at least 4 members (excludes halogenated alkanes) is 1. The molecule has 1 aliphatic heterocycles. The number of rotatable bonds is 45. The number of aliphatic hydroxyl groups excluding tert-OH is 6. The van der Waals surface area contributed by atoms with Gasteiger partial charge in [0.05, 0.1) is 74.9 Å². The minimum absolute atomic E-state index is 0.0530. The lowest BCUT2D eigenvalue weighted by Crippen LogP contribution is -2.62. The second-order valence-corrected chi connectivity index (χ2v) is 30.0. The van der Waals surface area contributed by atoms with E-state index in [0.29, 0.717) is 6.42 Å². The van der Waals surface area contributed by atoms with E-state index in [0.717, 1.165) is 13.8 Å². The fourth-order valence-corrected chi connectivity index (χ4v) is 13.7. The standard InChI is InChI=1S/C77H107N15O30/c1-32(2)21-44(70(112)85-43-24-56(121-35(5)61(43)103)122-52-26-77(119,53(100)31-97)25-40-58(52)65(107)60-59(63(40)105)62(104)39-11-10-13-51(120-7)57(39)64(60)106)87-74(116)48(28-94)91-76(118)50(30-96)92-75(117)49(29-95)90-69(111)42(18-19-54(79)101)84-71(113)45(22-37-14-16-38(99)17-15-37)88-73(115)47(27-93)89-67(109)34(4)82-68(110)41(12-8-9-20-78)83-72(114)46(23-55(80)102)86-66(108)33(3)81-36(6)98/h10-11,13-17,32-35,41-50,52,56,61,93-97,99,103,105,107,119H,8-9,12,18-31,78H2,1-7H3,(H2,79,101)(H2,80,102)(H,81,98)(H,82,110)(H,83,114)(H,84,113)(H,85,112)(H,86,108)(H,87,116)(H,88,115)(H,89,109)(H,90,111)(H,91,118)(H,92,117)/t33-,34-,35-,41-,42-,43-,44-,45-,46-,47-,48-,49-,50-,52-,56-,61+,77-/m0/s1. The Hall–Kier alpha value is -11.9. The number of Topliss-reactive ketones (excluding diaryl/α,β-unsaturated/α-hetero) is 1. The Kier molecular flexibility index (Phi) is 36.5. The Morgan fingerprint density at radius 3 is 1.54 bits per heavy atom. The molecule has 0 saturated carbocycles. The van der Waals surface area contributed by atoms with Crippen molar-refractivity contribution in [1.29, 1.82) is 0 Å². The molecule has 1 saturated heterocycles. The van der Waals surface area contributed by atoms with Crippen LogP contribution in [0.2, 0.25) is 0 Å². The molecule has 0 aromatic heterocycles. The van der Waals surface area contributed by atoms with Gasteiger partial charge in [-0.15, -0.1) is 0 Å². The third kappa shape index (κ3) is 26.0. The average molecular weight is 1720 g/mol. The Labute approximate surface area is 697 Å². The highest BCUT2D eigenvalue weighted by molar-refractivity contribution is 6.31. The molecule has 670 valence electrons. The number of aliphatic hydroxyl groups is 7. The maximum absolute atomic E-state index is 14.4. The summed E-state index contributed by atoms with van der Waals surface area (Å²) in [4.78, 5) is 230. The number of phenolic OH excluding ortho intramolecular Hbond substituents is 3. The molecule has 0 unspecified atom stereocenters. The number of hydrogen-bond donors (Lipinski definition) is 25. The molecule has 3 aliphatic rings. The zero-order valence-corrected chi connectivity index (χ0v) is 67.7. The maximum Gasteiger partial charge on any atom is 0.245 e. The second kappa shape index (κ2) is 45.1. The summed E-state index contributed by atoms with van der Waals surface area (Å²) in [7, 11) is 1.23. The van der Waals surface area contributed by atoms with Gasteiger partial charge in [-0.3, -0.25) is 81.5 Å². The molecule has 122 heavy (non-hydrogen) atoms. The van der Waals surface area contributed by atoms with E-state index in [1.165, 1.54) is 63.4 Å². The summed E-state index contributed by atoms with van der Waals surface area (Å²) >= 11 is 0. The van der Waals surface area contributed by atoms with Gasteiger partial charge in [0, 0.05) is 55.7 Å². The van der Waals surface area contributed by atoms with E-state index in [4.69, 9.17) is 31.4 Å². The number of ketones is 3. The van der Waals surface area contributed by atoms with Crippen molar-refractivity contribution in [3.8, 4) is 23.0 Å². The van der Waals surface area contributed by atoms with Crippen molar-refractivity contribution < 1.29 is 147 Å². The molecule has 14 amide bonds. The van der Waals surface area contributed by atoms with Gasteiger partial charge in [0.15, 0.2) is 17.9 Å². The van der Waals surface area contributed by atoms with E-state index < -0.39 is 315 Å². The molecule has 45 heteroatoms. The fourth-order valence-electron chi connectivity index (χ4n) is 13.7. The molecule has 28 N–H and O–H groups in total. The van der Waals surface area contributed by atoms with Crippen molar-refractivity contribution in [2.75, 3.05) is 46.7 Å². The summed E-state index contributed by atoms with van der Waals surface area (Å²) in [5.74, 6) is -21.2. The van der Waals surface area contributed by atoms with Crippen molar-refractivity contribution in [2.45, 2.75) is 215 Å². The molecule has 0 spiro atoms. The lowest BCUT2D eigenvalue weighted by molar-refractivity contribution is -0.249. The highest BCUT2D eigenvalue weighted by Gasteiger charge is 2.51. The number of carbonyl (C=O) groups excluding carboxylic acids is 17. The molecule has 3 aromatic carbocycles. The Balaban J connectivity index is 1.12. The Morgan fingerprint density at radius 2 is 1.03 bits per heavy atom. The smallest absolute Gasteiger partial charge is 0.245 e. The van der Waals surface area contributed by atoms with E-state index in [-0.39, 0.29) is 59.6 Å². The first kappa shape index (κ1) is 98.9. The molecule has 17 atom stereocenters. The van der Waals surface area contributed by atoms with E-state index in [1.807, 2.05) is 0 Å². The van der Waals surface area contributed by atoms with E-state index in [2.05, 4.69) is 63.8 Å². The highest BCUT2D eigenvalue weighted by atomic mass is 16.7. The lowest BCUT2D eigenvalue weighted by Gasteiger charge is -2.43. The normalized spacial score (nSPS) is 19.8. The molecule has 1 heterocycles. The topological polar surface area (TPSA) is 743 Å². The van der Waals surface area contributed by atoms with Crippen LogP contribution in [-0.4, -0.2) is 294 Å². The largest absolute Gasteiger partial charge is 0.508 e. The van der Waals surface area contributed by atoms with Crippen LogP contribution in [0.5, 0.6) is 23.0 Å². The predicted octanol–water partition coefficient (Wildman–Crippen LogP) is -9.22. The minimum atomic E-state index is -2.55. The number of hydrogen-bond acceptors (Lipinski definition) is 31. The first-order valence-corrected chi connectivity index (χ1v) is 38.8. The maximum atomic E-state index is 14.4. The molecule has 0 radical (unpaired) electrons. The number of nitrogens with two attached hydrogens (primary N) is 3. The fraction of sp³-hybridized carbons (Fsp3) is 0.545. The van der Waals surface area contributed by atoms with Crippen molar-refractivity contribution in [3.63, 3.8) is 0 Å². The number of methoxy groups -OCH3 is 1. The van der Waals surface area contributed by atoms with E-state index in [9.17, 15) is 133 Å². The van der Waals surface area contributed by atoms with Crippen molar-refractivity contribution >= 4 is 100 Å². The van der Waals surface area contributed by atoms with Crippen LogP contribution in [0.15, 0.2) is 42.5 Å². The molecule has 45 nitrogen and oxygen atoms in total. The third-order valence-electron chi connectivity index (χ3n) is 20.2. The molecule has 2 aliphatic carbocycles. The van der Waals surface area contributed by atoms with E-state index in [1.54, 1.807) is 13.8 Å². The Bertz CT molecular complexity index is 4400. The molecular weight excluding hydrogens is 1610 g/mol. The zero-order valence-electron chi connectivity index (χ0n) is 67.7. The molecule has 6 rings (SSSR count). The van der Waals surface area contributed by atoms with Crippen LogP contribution in [0, 0.1) is 5.92 Å². The molecule has 3 aromatic rings. The third-order valence-corrected chi connectivity index (χ3v) is 20.2. The molecular formula is C77H107N15O30. The number of aromatic hydroxyl groups is 3. The molecule has 1 fully saturated rings. The van der Waals surface area contributed by atoms with Gasteiger partial charge < -0.3 is 146 Å². The number of nitrogens with one attached hydrogen (secondary N) is 12. The van der Waals surface area contributed by atoms with Crippen molar-refractivity contribution in [3.05, 3.63) is 81.4 Å². The number of fused-ring (bicyclic) bond motifs is 3. The lowest BCUT2D eigenvalue weighted by atomic mass is 9.72. The zero-order chi connectivity index (χ0) is 91.1. The minimum Gasteiger partial charge on any atom is -0.508 e. The quantitative estimate of drug-likeness (QED) is 0.0144. The van der Waals surface area contributed by atoms with Crippen molar-refractivity contribution in [1.82, 2.24) is 63.8 Å². The van der Waals surface area contributed by atoms with Crippen LogP contribution < -0.4 is 85.7 Å². The second-order valence-electron chi connectivity index (χ2n) is 30.0. The van der Waals surface area contributed by atoms with Crippen molar-refractivity contribution in [2.24, 2.45) is 23.1 Å². The van der Waals surface area contributed by atoms with Crippen LogP contribution in [0.1, 0.15) is 154 Å². The summed E-state index contributed by atoms with van der Waals surface area (Å²) in [6, 6.07) is -11.5. The van der Waals surface area contributed by atoms with Crippen LogP contribution >= 0.6 is 0 Å². The van der Waals surface area contributed by atoms with Gasteiger partial charge in [0.2, 0.25) is 88.5 Å². The van der Waals surface area contributed by atoms with Gasteiger partial charge in [-0.05, 0) is 89.1 Å². The average Bonchev–Trinajstić information content (AvgIpc) is 0.709. The number of ether oxygens (including phenoxy) is 3. The summed E-state index contributed by atoms with van der Waals surface area (Å²) in [6.45, 7) is 2.18. The van der Waals surface area contributed by atoms with Crippen LogP contribution in [0.4, 0.5) is 0 Å². The van der Waals surface area contributed by atoms with Gasteiger partial charge in [-0.1, -0.05) is 38.1 Å². The molecule has 0 bridgehead atoms. The first-order valence-electron chi connectivity index (χ1n) is 38.8. The van der Waals surface area contributed by atoms with E-state index >= 15 is 0 Å². The number of carbonyl (C=O) groups is 17. The summed E-state index contributed by atoms with van der Waals surface area (Å²) in [5, 5.41) is 136. The van der Waals surface area contributed by atoms with Crippen LogP contribution in [0.3, 0.4) is 0 Å². The highest BCUT2D eigenvalue weighted by Crippen LogP contribution is 2.53. The van der Waals surface area contributed by atoms with Crippen LogP contribution in [0.25, 0.3) is 0 Å². The monoisotopic (exact) mass is 1720 g/mol. The van der Waals surface area contributed by atoms with Gasteiger partial charge in [0.25, 0.3) is 0 Å². The number of phenols is 3. The number of amides is 14. The van der Waals surface area contributed by atoms with Gasteiger partial charge in [-0.25, -0.2) is 0 Å². The summed E-state index contributed by atoms with van der Waals surface area (Å²) < 4.78 is 17.6. The first-order chi connectivity index (χ1) is 57.5. The number of benzene rings is 3. The van der Waals surface area contributed by atoms with Crippen LogP contribution in [-0.2, 0) is 94.2 Å². The van der Waals surface area contributed by atoms with Gasteiger partial charge in [-0.2, -0.15) is 0 Å². The summed E-state index contributed by atoms with van der Waals surface area (Å²) in [6.07, 6.45) is -10.4. The summed E-state index contributed by atoms with van der Waals surface area (Å²) in [5.41, 5.74) is 11.5. The Morgan fingerprint density at radius 1 is 0.557 bits per heavy atom.